The van der Waals surface area contributed by atoms with Crippen molar-refractivity contribution in [2.75, 3.05) is 0 Å². The second kappa shape index (κ2) is 7.85. The van der Waals surface area contributed by atoms with Crippen LogP contribution in [0.15, 0.2) is 34.1 Å². The van der Waals surface area contributed by atoms with Gasteiger partial charge in [0, 0.05) is 24.2 Å². The van der Waals surface area contributed by atoms with Crippen molar-refractivity contribution in [1.29, 1.82) is 0 Å². The Morgan fingerprint density at radius 2 is 1.07 bits per heavy atom. The summed E-state index contributed by atoms with van der Waals surface area (Å²) in [4.78, 5) is 0.495. The number of hydrogen-bond donors (Lipinski definition) is 4. The Bertz CT molecular complexity index is 836. The predicted octanol–water partition coefficient (Wildman–Crippen LogP) is 3.78. The summed E-state index contributed by atoms with van der Waals surface area (Å²) in [5.41, 5.74) is 14.1. The summed E-state index contributed by atoms with van der Waals surface area (Å²) in [7, 11) is -1.80. The number of phenolic OH excluding ortho intramolecular Hbond substituents is 2. The standard InChI is InChI=1S/C22H32N2O3S/c1-21(2,3)15-7-13(11-23)19(25)17(9-15)28(27)18-10-16(22(4,5)6)8-14(12-24)20(18)26/h7-10,25-26H,11-12,23-24H2,1-6H3. The maximum Gasteiger partial charge on any atom is 0.136 e. The highest BCUT2D eigenvalue weighted by molar-refractivity contribution is 7.85. The molecule has 0 fully saturated rings. The zero-order valence-electron chi connectivity index (χ0n) is 17.6. The molecule has 0 heterocycles. The van der Waals surface area contributed by atoms with Gasteiger partial charge in [-0.15, -0.1) is 0 Å². The van der Waals surface area contributed by atoms with Crippen LogP contribution in [0.5, 0.6) is 11.5 Å². The lowest BCUT2D eigenvalue weighted by atomic mass is 9.86. The molecule has 0 aliphatic rings. The van der Waals surface area contributed by atoms with Gasteiger partial charge in [0.2, 0.25) is 0 Å². The third kappa shape index (κ3) is 4.40. The van der Waals surface area contributed by atoms with Gasteiger partial charge >= 0.3 is 0 Å². The van der Waals surface area contributed by atoms with Crippen LogP contribution in [0.3, 0.4) is 0 Å². The first-order chi connectivity index (χ1) is 12.8. The largest absolute Gasteiger partial charge is 0.506 e. The molecule has 0 saturated carbocycles. The molecule has 2 aromatic rings. The van der Waals surface area contributed by atoms with Gasteiger partial charge < -0.3 is 21.7 Å². The fourth-order valence-corrected chi connectivity index (χ4v) is 4.23. The van der Waals surface area contributed by atoms with E-state index in [9.17, 15) is 14.4 Å². The van der Waals surface area contributed by atoms with Gasteiger partial charge in [0.05, 0.1) is 20.6 Å². The van der Waals surface area contributed by atoms with Crippen molar-refractivity contribution in [3.05, 3.63) is 46.5 Å². The highest BCUT2D eigenvalue weighted by Crippen LogP contribution is 2.39. The third-order valence-electron chi connectivity index (χ3n) is 4.88. The van der Waals surface area contributed by atoms with Crippen molar-refractivity contribution >= 4 is 10.8 Å². The van der Waals surface area contributed by atoms with E-state index < -0.39 is 10.8 Å². The minimum absolute atomic E-state index is 0.0938. The van der Waals surface area contributed by atoms with Crippen LogP contribution in [0.1, 0.15) is 63.8 Å². The molecule has 0 atom stereocenters. The van der Waals surface area contributed by atoms with E-state index >= 15 is 0 Å². The average molecular weight is 405 g/mol. The molecule has 0 saturated heterocycles. The van der Waals surface area contributed by atoms with Crippen LogP contribution >= 0.6 is 0 Å². The number of phenols is 2. The Morgan fingerprint density at radius 3 is 1.32 bits per heavy atom. The Labute approximate surface area is 170 Å². The summed E-state index contributed by atoms with van der Waals surface area (Å²) in [5.74, 6) is -0.188. The monoisotopic (exact) mass is 404 g/mol. The lowest BCUT2D eigenvalue weighted by molar-refractivity contribution is 0.448. The molecule has 5 nitrogen and oxygen atoms in total. The average Bonchev–Trinajstić information content (AvgIpc) is 2.59. The molecular formula is C22H32N2O3S. The van der Waals surface area contributed by atoms with Gasteiger partial charge in [0.15, 0.2) is 0 Å². The summed E-state index contributed by atoms with van der Waals surface area (Å²) >= 11 is 0. The molecule has 0 spiro atoms. The van der Waals surface area contributed by atoms with E-state index in [1.807, 2.05) is 53.7 Å². The van der Waals surface area contributed by atoms with Gasteiger partial charge in [-0.2, -0.15) is 0 Å². The van der Waals surface area contributed by atoms with Crippen molar-refractivity contribution in [3.63, 3.8) is 0 Å². The van der Waals surface area contributed by atoms with Crippen LogP contribution in [-0.4, -0.2) is 14.4 Å². The Hall–Kier alpha value is -1.89. The lowest BCUT2D eigenvalue weighted by Gasteiger charge is -2.24. The van der Waals surface area contributed by atoms with E-state index in [2.05, 4.69) is 0 Å². The van der Waals surface area contributed by atoms with E-state index in [0.717, 1.165) is 11.1 Å². The van der Waals surface area contributed by atoms with Crippen LogP contribution in [0.25, 0.3) is 0 Å². The molecule has 6 N–H and O–H groups in total. The minimum Gasteiger partial charge on any atom is -0.506 e. The molecule has 6 heteroatoms. The first-order valence-electron chi connectivity index (χ1n) is 9.36. The first-order valence-corrected chi connectivity index (χ1v) is 10.5. The number of hydrogen-bond acceptors (Lipinski definition) is 5. The van der Waals surface area contributed by atoms with Gasteiger partial charge in [-0.3, -0.25) is 0 Å². The summed E-state index contributed by atoms with van der Waals surface area (Å²) in [6, 6.07) is 7.14. The highest BCUT2D eigenvalue weighted by Gasteiger charge is 2.26. The maximum absolute atomic E-state index is 13.5. The molecule has 0 amide bonds. The van der Waals surface area contributed by atoms with Crippen LogP contribution in [0.4, 0.5) is 0 Å². The molecule has 0 aromatic heterocycles. The van der Waals surface area contributed by atoms with Crippen LogP contribution < -0.4 is 11.5 Å². The summed E-state index contributed by atoms with van der Waals surface area (Å²) in [5, 5.41) is 21.4. The van der Waals surface area contributed by atoms with Gasteiger partial charge in [-0.1, -0.05) is 53.7 Å². The van der Waals surface area contributed by atoms with E-state index in [1.165, 1.54) is 0 Å². The Kier molecular flexibility index (Phi) is 6.28. The molecule has 0 aliphatic carbocycles. The molecule has 0 unspecified atom stereocenters. The molecular weight excluding hydrogens is 372 g/mol. The fourth-order valence-electron chi connectivity index (χ4n) is 2.91. The van der Waals surface area contributed by atoms with E-state index in [0.29, 0.717) is 11.1 Å². The van der Waals surface area contributed by atoms with Gasteiger partial charge in [-0.05, 0) is 34.1 Å². The molecule has 28 heavy (non-hydrogen) atoms. The highest BCUT2D eigenvalue weighted by atomic mass is 32.2. The van der Waals surface area contributed by atoms with Crippen molar-refractivity contribution in [3.8, 4) is 11.5 Å². The summed E-state index contributed by atoms with van der Waals surface area (Å²) in [6.45, 7) is 12.5. The number of aromatic hydroxyl groups is 2. The minimum atomic E-state index is -1.80. The van der Waals surface area contributed by atoms with Crippen LogP contribution in [0.2, 0.25) is 0 Å². The smallest absolute Gasteiger partial charge is 0.136 e. The molecule has 2 aromatic carbocycles. The topological polar surface area (TPSA) is 110 Å². The van der Waals surface area contributed by atoms with E-state index in [4.69, 9.17) is 11.5 Å². The first kappa shape index (κ1) is 22.4. The van der Waals surface area contributed by atoms with E-state index in [1.54, 1.807) is 12.1 Å². The second-order valence-corrected chi connectivity index (χ2v) is 10.6. The SMILES string of the molecule is CC(C)(C)c1cc(CN)c(O)c(S(=O)c2cc(C(C)(C)C)cc(CN)c2O)c1. The van der Waals surface area contributed by atoms with E-state index in [-0.39, 0.29) is 45.2 Å². The lowest BCUT2D eigenvalue weighted by Crippen LogP contribution is -2.15. The Morgan fingerprint density at radius 1 is 0.750 bits per heavy atom. The zero-order valence-corrected chi connectivity index (χ0v) is 18.4. The number of benzene rings is 2. The molecule has 154 valence electrons. The molecule has 0 bridgehead atoms. The predicted molar refractivity (Wildman–Crippen MR) is 114 cm³/mol. The normalized spacial score (nSPS) is 12.6. The molecule has 0 radical (unpaired) electrons. The fraction of sp³-hybridized carbons (Fsp3) is 0.455. The zero-order chi connectivity index (χ0) is 21.4. The van der Waals surface area contributed by atoms with Gasteiger partial charge in [0.25, 0.3) is 0 Å². The number of rotatable bonds is 4. The second-order valence-electron chi connectivity index (χ2n) is 9.14. The Balaban J connectivity index is 2.76. The van der Waals surface area contributed by atoms with Crippen molar-refractivity contribution in [2.24, 2.45) is 11.5 Å². The van der Waals surface area contributed by atoms with Crippen molar-refractivity contribution in [2.45, 2.75) is 75.3 Å². The summed E-state index contributed by atoms with van der Waals surface area (Å²) in [6.07, 6.45) is 0. The van der Waals surface area contributed by atoms with Gasteiger partial charge in [0.1, 0.15) is 11.5 Å². The van der Waals surface area contributed by atoms with Gasteiger partial charge in [-0.25, -0.2) is 4.21 Å². The number of nitrogens with two attached hydrogens (primary N) is 2. The maximum atomic E-state index is 13.5. The molecule has 0 aliphatic heterocycles. The van der Waals surface area contributed by atoms with Crippen molar-refractivity contribution in [1.82, 2.24) is 0 Å². The van der Waals surface area contributed by atoms with Crippen LogP contribution in [0, 0.1) is 0 Å². The summed E-state index contributed by atoms with van der Waals surface area (Å²) < 4.78 is 13.5. The third-order valence-corrected chi connectivity index (χ3v) is 6.30. The quantitative estimate of drug-likeness (QED) is 0.620. The van der Waals surface area contributed by atoms with Crippen LogP contribution in [-0.2, 0) is 34.7 Å². The van der Waals surface area contributed by atoms with Crippen molar-refractivity contribution < 1.29 is 14.4 Å². The molecule has 2 rings (SSSR count).